The second-order valence-electron chi connectivity index (χ2n) is 5.84. The third-order valence-electron chi connectivity index (χ3n) is 4.06. The normalized spacial score (nSPS) is 15.6. The molecule has 3 nitrogen and oxygen atoms in total. The van der Waals surface area contributed by atoms with Crippen LogP contribution in [0.5, 0.6) is 0 Å². The lowest BCUT2D eigenvalue weighted by atomic mass is 10.2. The zero-order valence-corrected chi connectivity index (χ0v) is 13.1. The third kappa shape index (κ3) is 4.95. The van der Waals surface area contributed by atoms with E-state index in [9.17, 15) is 9.18 Å². The predicted molar refractivity (Wildman–Crippen MR) is 86.9 cm³/mol. The molecule has 2 rings (SSSR count). The Morgan fingerprint density at radius 1 is 1.23 bits per heavy atom. The summed E-state index contributed by atoms with van der Waals surface area (Å²) in [6.45, 7) is 6.76. The molecule has 4 heteroatoms. The second-order valence-corrected chi connectivity index (χ2v) is 5.84. The summed E-state index contributed by atoms with van der Waals surface area (Å²) in [5.41, 5.74) is 0.619. The van der Waals surface area contributed by atoms with Crippen molar-refractivity contribution in [3.8, 4) is 0 Å². The molecule has 0 radical (unpaired) electrons. The average Bonchev–Trinajstić information content (AvgIpc) is 2.79. The van der Waals surface area contributed by atoms with Crippen molar-refractivity contribution in [3.63, 3.8) is 0 Å². The van der Waals surface area contributed by atoms with Crippen LogP contribution >= 0.6 is 0 Å². The molecule has 1 amide bonds. The first kappa shape index (κ1) is 16.7. The molecule has 0 saturated carbocycles. The summed E-state index contributed by atoms with van der Waals surface area (Å²) in [6, 6.07) is 6.72. The van der Waals surface area contributed by atoms with E-state index in [0.717, 1.165) is 25.9 Å². The summed E-state index contributed by atoms with van der Waals surface area (Å²) in [5.74, 6) is -0.0844. The molecule has 1 aromatic carbocycles. The molecule has 0 unspecified atom stereocenters. The van der Waals surface area contributed by atoms with Crippen molar-refractivity contribution >= 4 is 5.91 Å². The highest BCUT2D eigenvalue weighted by molar-refractivity contribution is 5.78. The molecule has 0 spiro atoms. The van der Waals surface area contributed by atoms with Gasteiger partial charge in [0.1, 0.15) is 5.82 Å². The quantitative estimate of drug-likeness (QED) is 0.753. The minimum atomic E-state index is -0.223. The van der Waals surface area contributed by atoms with Gasteiger partial charge in [-0.05, 0) is 18.9 Å². The summed E-state index contributed by atoms with van der Waals surface area (Å²) in [4.78, 5) is 16.4. The van der Waals surface area contributed by atoms with Gasteiger partial charge in [-0.1, -0.05) is 37.1 Å². The molecule has 1 fully saturated rings. The van der Waals surface area contributed by atoms with Gasteiger partial charge in [-0.2, -0.15) is 0 Å². The van der Waals surface area contributed by atoms with Gasteiger partial charge in [-0.15, -0.1) is 6.58 Å². The van der Waals surface area contributed by atoms with Crippen LogP contribution in [0, 0.1) is 5.82 Å². The van der Waals surface area contributed by atoms with Crippen molar-refractivity contribution in [2.75, 3.05) is 26.2 Å². The van der Waals surface area contributed by atoms with Crippen molar-refractivity contribution < 1.29 is 9.18 Å². The zero-order valence-electron chi connectivity index (χ0n) is 13.1. The van der Waals surface area contributed by atoms with E-state index < -0.39 is 0 Å². The molecule has 1 aromatic rings. The van der Waals surface area contributed by atoms with E-state index >= 15 is 0 Å². The van der Waals surface area contributed by atoms with Crippen LogP contribution in [0.15, 0.2) is 36.9 Å². The molecule has 120 valence electrons. The first-order chi connectivity index (χ1) is 10.7. The Bertz CT molecular complexity index is 496. The molecule has 0 N–H and O–H groups in total. The van der Waals surface area contributed by atoms with E-state index in [2.05, 4.69) is 6.58 Å². The Balaban J connectivity index is 1.97. The predicted octanol–water partition coefficient (Wildman–Crippen LogP) is 3.22. The number of hydrogen-bond donors (Lipinski definition) is 0. The van der Waals surface area contributed by atoms with Crippen molar-refractivity contribution in [2.24, 2.45) is 0 Å². The van der Waals surface area contributed by atoms with Crippen molar-refractivity contribution in [3.05, 3.63) is 48.3 Å². The Morgan fingerprint density at radius 2 is 1.91 bits per heavy atom. The number of likely N-dealkylation sites (tertiary alicyclic amines) is 1. The highest BCUT2D eigenvalue weighted by atomic mass is 19.1. The summed E-state index contributed by atoms with van der Waals surface area (Å²) in [6.07, 6.45) is 6.34. The molecule has 1 aliphatic rings. The summed E-state index contributed by atoms with van der Waals surface area (Å²) < 4.78 is 13.8. The van der Waals surface area contributed by atoms with Crippen LogP contribution in [0.3, 0.4) is 0 Å². The zero-order chi connectivity index (χ0) is 15.8. The topological polar surface area (TPSA) is 23.6 Å². The van der Waals surface area contributed by atoms with Crippen LogP contribution in [0.4, 0.5) is 4.39 Å². The van der Waals surface area contributed by atoms with Crippen LogP contribution in [-0.2, 0) is 11.3 Å². The van der Waals surface area contributed by atoms with Gasteiger partial charge in [0.2, 0.25) is 5.91 Å². The van der Waals surface area contributed by atoms with Gasteiger partial charge >= 0.3 is 0 Å². The Hall–Kier alpha value is -1.68. The molecule has 1 saturated heterocycles. The lowest BCUT2D eigenvalue weighted by Gasteiger charge is -2.26. The number of halogens is 1. The van der Waals surface area contributed by atoms with Crippen LogP contribution in [0.25, 0.3) is 0 Å². The average molecular weight is 304 g/mol. The van der Waals surface area contributed by atoms with E-state index in [1.807, 2.05) is 15.9 Å². The lowest BCUT2D eigenvalue weighted by molar-refractivity contribution is -0.132. The van der Waals surface area contributed by atoms with E-state index in [1.165, 1.54) is 18.9 Å². The van der Waals surface area contributed by atoms with Crippen molar-refractivity contribution in [2.45, 2.75) is 32.2 Å². The van der Waals surface area contributed by atoms with E-state index in [1.54, 1.807) is 18.2 Å². The van der Waals surface area contributed by atoms with E-state index in [0.29, 0.717) is 25.2 Å². The molecule has 0 aliphatic carbocycles. The maximum Gasteiger partial charge on any atom is 0.236 e. The highest BCUT2D eigenvalue weighted by Gasteiger charge is 2.18. The number of hydrogen-bond acceptors (Lipinski definition) is 2. The van der Waals surface area contributed by atoms with Crippen LogP contribution in [0.1, 0.15) is 31.2 Å². The van der Waals surface area contributed by atoms with E-state index in [-0.39, 0.29) is 11.7 Å². The standard InChI is InChI=1S/C18H25FN2O/c1-2-11-20(14-16-9-5-6-10-17(16)19)15-18(22)21-12-7-3-4-8-13-21/h2,5-6,9-10H,1,3-4,7-8,11-15H2. The fraction of sp³-hybridized carbons (Fsp3) is 0.500. The molecular weight excluding hydrogens is 279 g/mol. The summed E-state index contributed by atoms with van der Waals surface area (Å²) >= 11 is 0. The van der Waals surface area contributed by atoms with E-state index in [4.69, 9.17) is 0 Å². The maximum atomic E-state index is 13.8. The smallest absolute Gasteiger partial charge is 0.236 e. The monoisotopic (exact) mass is 304 g/mol. The number of benzene rings is 1. The molecule has 0 bridgehead atoms. The first-order valence-electron chi connectivity index (χ1n) is 8.05. The maximum absolute atomic E-state index is 13.8. The number of rotatable bonds is 6. The second kappa shape index (κ2) is 8.69. The van der Waals surface area contributed by atoms with Gasteiger partial charge in [0.05, 0.1) is 6.54 Å². The Morgan fingerprint density at radius 3 is 2.55 bits per heavy atom. The van der Waals surface area contributed by atoms with Gasteiger partial charge in [-0.3, -0.25) is 9.69 Å². The fourth-order valence-corrected chi connectivity index (χ4v) is 2.85. The summed E-state index contributed by atoms with van der Waals surface area (Å²) in [7, 11) is 0. The van der Waals surface area contributed by atoms with Crippen LogP contribution in [0.2, 0.25) is 0 Å². The fourth-order valence-electron chi connectivity index (χ4n) is 2.85. The third-order valence-corrected chi connectivity index (χ3v) is 4.06. The molecule has 22 heavy (non-hydrogen) atoms. The van der Waals surface area contributed by atoms with Gasteiger partial charge in [0.15, 0.2) is 0 Å². The lowest BCUT2D eigenvalue weighted by Crippen LogP contribution is -2.40. The molecule has 1 aliphatic heterocycles. The van der Waals surface area contributed by atoms with Crippen molar-refractivity contribution in [1.82, 2.24) is 9.80 Å². The van der Waals surface area contributed by atoms with Gasteiger partial charge in [0, 0.05) is 31.7 Å². The molecule has 1 heterocycles. The minimum absolute atomic E-state index is 0.139. The molecule has 0 atom stereocenters. The largest absolute Gasteiger partial charge is 0.342 e. The number of amides is 1. The SMILES string of the molecule is C=CCN(CC(=O)N1CCCCCC1)Cc1ccccc1F. The molecular formula is C18H25FN2O. The number of carbonyl (C=O) groups is 1. The molecule has 0 aromatic heterocycles. The van der Waals surface area contributed by atoms with Crippen LogP contribution in [-0.4, -0.2) is 41.9 Å². The van der Waals surface area contributed by atoms with Gasteiger partial charge < -0.3 is 4.90 Å². The number of nitrogens with zero attached hydrogens (tertiary/aromatic N) is 2. The Labute approximate surface area is 132 Å². The number of carbonyl (C=O) groups excluding carboxylic acids is 1. The van der Waals surface area contributed by atoms with Gasteiger partial charge in [-0.25, -0.2) is 4.39 Å². The Kier molecular flexibility index (Phi) is 6.59. The summed E-state index contributed by atoms with van der Waals surface area (Å²) in [5, 5.41) is 0. The van der Waals surface area contributed by atoms with Crippen LogP contribution < -0.4 is 0 Å². The highest BCUT2D eigenvalue weighted by Crippen LogP contribution is 2.12. The first-order valence-corrected chi connectivity index (χ1v) is 8.05. The minimum Gasteiger partial charge on any atom is -0.342 e. The van der Waals surface area contributed by atoms with Crippen molar-refractivity contribution in [1.29, 1.82) is 0 Å². The van der Waals surface area contributed by atoms with Gasteiger partial charge in [0.25, 0.3) is 0 Å².